The first-order valence-electron chi connectivity index (χ1n) is 13.0. The van der Waals surface area contributed by atoms with Crippen molar-refractivity contribution < 1.29 is 23.8 Å². The summed E-state index contributed by atoms with van der Waals surface area (Å²) in [5.41, 5.74) is 2.20. The van der Waals surface area contributed by atoms with Crippen LogP contribution in [0, 0.1) is 0 Å². The monoisotopic (exact) mass is 521 g/mol. The molecule has 38 heavy (non-hydrogen) atoms. The lowest BCUT2D eigenvalue weighted by atomic mass is 9.94. The number of Topliss-reactive ketones (excluding diaryl/α,β-unsaturated/α-hetero) is 1. The van der Waals surface area contributed by atoms with Crippen molar-refractivity contribution in [3.05, 3.63) is 77.6 Å². The Hall–Kier alpha value is -3.65. The number of ketones is 1. The van der Waals surface area contributed by atoms with Crippen molar-refractivity contribution in [2.75, 3.05) is 26.7 Å². The molecule has 2 aliphatic heterocycles. The molecule has 1 saturated heterocycles. The summed E-state index contributed by atoms with van der Waals surface area (Å²) in [6, 6.07) is 11.5. The SMILES string of the molecule is CC(C)(C)OC(=O)N1C=CC=CC1.COc1cc(COc2cccc(C3CCNCC3)n2)ccc1C(C)=O. The second kappa shape index (κ2) is 13.8. The van der Waals surface area contributed by atoms with E-state index in [1.165, 1.54) is 11.8 Å². The lowest BCUT2D eigenvalue weighted by Crippen LogP contribution is -2.34. The van der Waals surface area contributed by atoms with Gasteiger partial charge in [0.1, 0.15) is 18.0 Å². The van der Waals surface area contributed by atoms with E-state index in [2.05, 4.69) is 16.4 Å². The number of rotatable bonds is 6. The maximum absolute atomic E-state index is 11.6. The lowest BCUT2D eigenvalue weighted by Gasteiger charge is -2.25. The minimum atomic E-state index is -0.425. The van der Waals surface area contributed by atoms with E-state index < -0.39 is 5.60 Å². The molecule has 4 rings (SSSR count). The van der Waals surface area contributed by atoms with Crippen LogP contribution in [0.2, 0.25) is 0 Å². The number of pyridine rings is 1. The van der Waals surface area contributed by atoms with E-state index in [1.807, 2.05) is 63.3 Å². The summed E-state index contributed by atoms with van der Waals surface area (Å²) in [6.45, 7) is 10.2. The van der Waals surface area contributed by atoms with Crippen molar-refractivity contribution in [2.45, 2.75) is 58.7 Å². The number of amides is 1. The van der Waals surface area contributed by atoms with Gasteiger partial charge in [-0.25, -0.2) is 9.78 Å². The van der Waals surface area contributed by atoms with Crippen LogP contribution < -0.4 is 14.8 Å². The van der Waals surface area contributed by atoms with Gasteiger partial charge in [0.05, 0.1) is 12.7 Å². The minimum absolute atomic E-state index is 0.0133. The number of hydrogen-bond acceptors (Lipinski definition) is 7. The van der Waals surface area contributed by atoms with Gasteiger partial charge in [-0.2, -0.15) is 0 Å². The van der Waals surface area contributed by atoms with Crippen molar-refractivity contribution >= 4 is 11.9 Å². The van der Waals surface area contributed by atoms with Crippen molar-refractivity contribution in [3.8, 4) is 11.6 Å². The van der Waals surface area contributed by atoms with Gasteiger partial charge in [-0.15, -0.1) is 0 Å². The highest BCUT2D eigenvalue weighted by Crippen LogP contribution is 2.26. The van der Waals surface area contributed by atoms with Crippen LogP contribution in [0.15, 0.2) is 60.8 Å². The maximum atomic E-state index is 11.6. The van der Waals surface area contributed by atoms with E-state index in [9.17, 15) is 9.59 Å². The summed E-state index contributed by atoms with van der Waals surface area (Å²) in [4.78, 5) is 29.2. The molecule has 0 radical (unpaired) electrons. The molecule has 0 aliphatic carbocycles. The number of allylic oxidation sites excluding steroid dienone is 2. The molecule has 2 aromatic rings. The first-order valence-corrected chi connectivity index (χ1v) is 13.0. The molecule has 3 heterocycles. The zero-order chi connectivity index (χ0) is 27.5. The molecule has 0 saturated carbocycles. The number of piperidine rings is 1. The summed E-state index contributed by atoms with van der Waals surface area (Å²) in [5, 5.41) is 3.37. The fourth-order valence-corrected chi connectivity index (χ4v) is 4.05. The fourth-order valence-electron chi connectivity index (χ4n) is 4.05. The highest BCUT2D eigenvalue weighted by atomic mass is 16.6. The molecule has 1 fully saturated rings. The summed E-state index contributed by atoms with van der Waals surface area (Å²) in [5.74, 6) is 1.69. The van der Waals surface area contributed by atoms with Crippen LogP contribution in [0.1, 0.15) is 68.1 Å². The zero-order valence-corrected chi connectivity index (χ0v) is 23.0. The Morgan fingerprint density at radius 2 is 1.87 bits per heavy atom. The topological polar surface area (TPSA) is 90.0 Å². The molecule has 204 valence electrons. The molecule has 0 bridgehead atoms. The van der Waals surface area contributed by atoms with Gasteiger partial charge in [0.2, 0.25) is 5.88 Å². The van der Waals surface area contributed by atoms with Crippen molar-refractivity contribution in [1.82, 2.24) is 15.2 Å². The third-order valence-corrected chi connectivity index (χ3v) is 5.98. The van der Waals surface area contributed by atoms with Gasteiger partial charge in [-0.3, -0.25) is 9.69 Å². The van der Waals surface area contributed by atoms with E-state index in [-0.39, 0.29) is 11.9 Å². The summed E-state index contributed by atoms with van der Waals surface area (Å²) in [6.07, 6.45) is 9.26. The molecule has 0 spiro atoms. The largest absolute Gasteiger partial charge is 0.496 e. The summed E-state index contributed by atoms with van der Waals surface area (Å²) >= 11 is 0. The first kappa shape index (κ1) is 28.9. The molecule has 1 N–H and O–H groups in total. The molecule has 0 atom stereocenters. The zero-order valence-electron chi connectivity index (χ0n) is 23.0. The second-order valence-electron chi connectivity index (χ2n) is 10.2. The lowest BCUT2D eigenvalue weighted by molar-refractivity contribution is 0.0350. The van der Waals surface area contributed by atoms with Crippen molar-refractivity contribution in [1.29, 1.82) is 0 Å². The number of benzene rings is 1. The number of hydrogen-bond donors (Lipinski definition) is 1. The van der Waals surface area contributed by atoms with Gasteiger partial charge >= 0.3 is 6.09 Å². The van der Waals surface area contributed by atoms with Crippen LogP contribution >= 0.6 is 0 Å². The van der Waals surface area contributed by atoms with Gasteiger partial charge in [-0.1, -0.05) is 24.3 Å². The molecular weight excluding hydrogens is 482 g/mol. The molecule has 0 unspecified atom stereocenters. The van der Waals surface area contributed by atoms with Gasteiger partial charge < -0.3 is 19.5 Å². The minimum Gasteiger partial charge on any atom is -0.496 e. The molecule has 1 aromatic heterocycles. The van der Waals surface area contributed by atoms with Gasteiger partial charge in [0.15, 0.2) is 5.78 Å². The molecular formula is C30H39N3O5. The smallest absolute Gasteiger partial charge is 0.414 e. The van der Waals surface area contributed by atoms with Crippen molar-refractivity contribution in [3.63, 3.8) is 0 Å². The van der Waals surface area contributed by atoms with E-state index in [0.29, 0.717) is 36.3 Å². The average Bonchev–Trinajstić information content (AvgIpc) is 2.92. The molecule has 2 aliphatic rings. The van der Waals surface area contributed by atoms with E-state index in [0.717, 1.165) is 37.2 Å². The third-order valence-electron chi connectivity index (χ3n) is 5.98. The predicted octanol–water partition coefficient (Wildman–Crippen LogP) is 5.65. The second-order valence-corrected chi connectivity index (χ2v) is 10.2. The van der Waals surface area contributed by atoms with Crippen LogP contribution in [-0.4, -0.2) is 54.1 Å². The maximum Gasteiger partial charge on any atom is 0.414 e. The molecule has 8 heteroatoms. The van der Waals surface area contributed by atoms with E-state index in [1.54, 1.807) is 19.4 Å². The Labute approximate surface area is 225 Å². The number of ether oxygens (including phenoxy) is 3. The quantitative estimate of drug-likeness (QED) is 0.492. The van der Waals surface area contributed by atoms with Gasteiger partial charge in [0, 0.05) is 30.4 Å². The number of nitrogens with zero attached hydrogens (tertiary/aromatic N) is 2. The predicted molar refractivity (Wildman–Crippen MR) is 148 cm³/mol. The van der Waals surface area contributed by atoms with Crippen LogP contribution in [0.4, 0.5) is 4.79 Å². The number of aromatic nitrogens is 1. The van der Waals surface area contributed by atoms with Crippen molar-refractivity contribution in [2.24, 2.45) is 0 Å². The van der Waals surface area contributed by atoms with Gasteiger partial charge in [-0.05, 0) is 83.5 Å². The Balaban J connectivity index is 0.000000260. The van der Waals surface area contributed by atoms with E-state index >= 15 is 0 Å². The van der Waals surface area contributed by atoms with Crippen LogP contribution in [-0.2, 0) is 11.3 Å². The normalized spacial score (nSPS) is 15.3. The Bertz CT molecular complexity index is 1150. The Morgan fingerprint density at radius 3 is 2.50 bits per heavy atom. The van der Waals surface area contributed by atoms with Crippen LogP contribution in [0.5, 0.6) is 11.6 Å². The number of carbonyl (C=O) groups is 2. The summed E-state index contributed by atoms with van der Waals surface area (Å²) < 4.78 is 16.3. The van der Waals surface area contributed by atoms with Gasteiger partial charge in [0.25, 0.3) is 0 Å². The highest BCUT2D eigenvalue weighted by Gasteiger charge is 2.20. The number of methoxy groups -OCH3 is 1. The summed E-state index contributed by atoms with van der Waals surface area (Å²) in [7, 11) is 1.57. The third kappa shape index (κ3) is 9.03. The average molecular weight is 522 g/mol. The molecule has 1 amide bonds. The Kier molecular flexibility index (Phi) is 10.5. The van der Waals surface area contributed by atoms with Crippen LogP contribution in [0.25, 0.3) is 0 Å². The first-order chi connectivity index (χ1) is 18.2. The van der Waals surface area contributed by atoms with E-state index in [4.69, 9.17) is 14.2 Å². The number of carbonyl (C=O) groups excluding carboxylic acids is 2. The highest BCUT2D eigenvalue weighted by molar-refractivity contribution is 5.96. The fraction of sp³-hybridized carbons (Fsp3) is 0.433. The molecule has 8 nitrogen and oxygen atoms in total. The molecule has 1 aromatic carbocycles. The Morgan fingerprint density at radius 1 is 1.11 bits per heavy atom. The standard InChI is InChI=1S/C20H24N2O3.C10H15NO2/c1-14(23)17-7-6-15(12-19(17)24-2)13-25-20-5-3-4-18(22-20)16-8-10-21-11-9-16;1-10(2,3)13-9(12)11-7-5-4-6-8-11/h3-7,12,16,21H,8-11,13H2,1-2H3;4-7H,8H2,1-3H3. The van der Waals surface area contributed by atoms with Crippen LogP contribution in [0.3, 0.4) is 0 Å². The number of nitrogens with one attached hydrogen (secondary N) is 1.